The molecule has 1 saturated carbocycles. The molecule has 2 rings (SSSR count). The van der Waals surface area contributed by atoms with Gasteiger partial charge < -0.3 is 9.52 Å². The Bertz CT molecular complexity index is 348. The minimum atomic E-state index is -0.806. The predicted octanol–water partition coefficient (Wildman–Crippen LogP) is 0.865. The van der Waals surface area contributed by atoms with E-state index in [1.54, 1.807) is 0 Å². The lowest BCUT2D eigenvalue weighted by atomic mass is 9.82. The van der Waals surface area contributed by atoms with Crippen LogP contribution in [0.3, 0.4) is 0 Å². The SMILES string of the molecule is O=c1onc(CC2(O)CCCCC2)o1. The van der Waals surface area contributed by atoms with Gasteiger partial charge in [-0.05, 0) is 18.0 Å². The topological polar surface area (TPSA) is 76.5 Å². The average molecular weight is 199 g/mol. The highest BCUT2D eigenvalue weighted by atomic mass is 16.6. The van der Waals surface area contributed by atoms with Crippen molar-refractivity contribution in [1.29, 1.82) is 0 Å². The van der Waals surface area contributed by atoms with Crippen molar-refractivity contribution in [2.45, 2.75) is 44.1 Å². The summed E-state index contributed by atoms with van der Waals surface area (Å²) in [5, 5.41) is 13.5. The van der Waals surface area contributed by atoms with Gasteiger partial charge in [-0.3, -0.25) is 4.52 Å². The summed E-state index contributed by atoms with van der Waals surface area (Å²) >= 11 is 0. The summed E-state index contributed by atoms with van der Waals surface area (Å²) in [6.07, 6.45) is 4.94. The highest BCUT2D eigenvalue weighted by Crippen LogP contribution is 2.30. The molecule has 5 heteroatoms. The molecule has 0 amide bonds. The third-order valence-electron chi connectivity index (χ3n) is 2.69. The second-order valence-corrected chi connectivity index (χ2v) is 3.89. The van der Waals surface area contributed by atoms with Gasteiger partial charge in [-0.25, -0.2) is 4.79 Å². The number of hydrogen-bond donors (Lipinski definition) is 1. The van der Waals surface area contributed by atoms with Crippen LogP contribution >= 0.6 is 0 Å². The molecule has 0 atom stereocenters. The second-order valence-electron chi connectivity index (χ2n) is 3.89. The van der Waals surface area contributed by atoms with E-state index in [-0.39, 0.29) is 12.3 Å². The largest absolute Gasteiger partial charge is 0.542 e. The Kier molecular flexibility index (Phi) is 2.41. The fourth-order valence-corrected chi connectivity index (χ4v) is 1.96. The highest BCUT2D eigenvalue weighted by molar-refractivity contribution is 4.90. The summed E-state index contributed by atoms with van der Waals surface area (Å²) < 4.78 is 8.93. The first-order valence-corrected chi connectivity index (χ1v) is 4.86. The van der Waals surface area contributed by atoms with Crippen molar-refractivity contribution in [3.8, 4) is 0 Å². The number of hydrogen-bond acceptors (Lipinski definition) is 5. The Labute approximate surface area is 80.7 Å². The summed E-state index contributed by atoms with van der Waals surface area (Å²) in [6, 6.07) is 0. The van der Waals surface area contributed by atoms with Crippen LogP contribution in [0.15, 0.2) is 13.7 Å². The first kappa shape index (κ1) is 9.45. The number of rotatable bonds is 2. The first-order chi connectivity index (χ1) is 6.68. The molecule has 0 spiro atoms. The van der Waals surface area contributed by atoms with E-state index in [2.05, 4.69) is 14.1 Å². The fraction of sp³-hybridized carbons (Fsp3) is 0.778. The molecular formula is C9H13NO4. The van der Waals surface area contributed by atoms with Crippen LogP contribution in [0, 0.1) is 0 Å². The average Bonchev–Trinajstić information content (AvgIpc) is 2.51. The van der Waals surface area contributed by atoms with Crippen LogP contribution in [0.2, 0.25) is 0 Å². The first-order valence-electron chi connectivity index (χ1n) is 4.86. The molecule has 0 bridgehead atoms. The molecule has 0 aliphatic heterocycles. The van der Waals surface area contributed by atoms with E-state index >= 15 is 0 Å². The number of nitrogens with zero attached hydrogens (tertiary/aromatic N) is 1. The third kappa shape index (κ3) is 2.04. The minimum absolute atomic E-state index is 0.194. The minimum Gasteiger partial charge on any atom is -0.389 e. The van der Waals surface area contributed by atoms with E-state index in [1.165, 1.54) is 0 Å². The molecule has 1 heterocycles. The predicted molar refractivity (Wildman–Crippen MR) is 46.8 cm³/mol. The third-order valence-corrected chi connectivity index (χ3v) is 2.69. The van der Waals surface area contributed by atoms with Crippen molar-refractivity contribution in [3.63, 3.8) is 0 Å². The van der Waals surface area contributed by atoms with E-state index in [0.29, 0.717) is 0 Å². The molecule has 1 aromatic heterocycles. The molecular weight excluding hydrogens is 186 g/mol. The van der Waals surface area contributed by atoms with Crippen molar-refractivity contribution < 1.29 is 14.0 Å². The highest BCUT2D eigenvalue weighted by Gasteiger charge is 2.31. The molecule has 0 unspecified atom stereocenters. The summed E-state index contributed by atoms with van der Waals surface area (Å²) in [6.45, 7) is 0. The summed E-state index contributed by atoms with van der Waals surface area (Å²) in [4.78, 5) is 10.6. The van der Waals surface area contributed by atoms with Gasteiger partial charge in [-0.15, -0.1) is 0 Å². The van der Waals surface area contributed by atoms with Gasteiger partial charge in [-0.1, -0.05) is 19.3 Å². The molecule has 5 nitrogen and oxygen atoms in total. The standard InChI is InChI=1S/C9H13NO4/c11-8-13-7(10-14-8)6-9(12)4-2-1-3-5-9/h12H,1-6H2. The van der Waals surface area contributed by atoms with Crippen LogP contribution in [0.4, 0.5) is 0 Å². The van der Waals surface area contributed by atoms with Gasteiger partial charge in [0.25, 0.3) is 0 Å². The van der Waals surface area contributed by atoms with E-state index in [9.17, 15) is 9.90 Å². The fourth-order valence-electron chi connectivity index (χ4n) is 1.96. The molecule has 1 aliphatic carbocycles. The zero-order chi connectivity index (χ0) is 10.0. The van der Waals surface area contributed by atoms with Crippen molar-refractivity contribution >= 4 is 0 Å². The van der Waals surface area contributed by atoms with Gasteiger partial charge in [0, 0.05) is 0 Å². The van der Waals surface area contributed by atoms with E-state index in [4.69, 9.17) is 0 Å². The van der Waals surface area contributed by atoms with Crippen LogP contribution in [-0.2, 0) is 6.42 Å². The zero-order valence-corrected chi connectivity index (χ0v) is 7.86. The smallest absolute Gasteiger partial charge is 0.389 e. The molecule has 1 aliphatic rings. The van der Waals surface area contributed by atoms with E-state index in [0.717, 1.165) is 32.1 Å². The molecule has 14 heavy (non-hydrogen) atoms. The maximum absolute atomic E-state index is 10.6. The van der Waals surface area contributed by atoms with Gasteiger partial charge in [-0.2, -0.15) is 0 Å². The van der Waals surface area contributed by atoms with Crippen LogP contribution in [0.25, 0.3) is 0 Å². The summed E-state index contributed by atoms with van der Waals surface area (Å²) in [5.74, 6) is -0.612. The monoisotopic (exact) mass is 199 g/mol. The van der Waals surface area contributed by atoms with Crippen molar-refractivity contribution in [2.24, 2.45) is 0 Å². The van der Waals surface area contributed by atoms with Gasteiger partial charge >= 0.3 is 5.82 Å². The maximum Gasteiger partial charge on any atom is 0.542 e. The molecule has 1 N–H and O–H groups in total. The molecule has 78 valence electrons. The normalized spacial score (nSPS) is 20.9. The summed E-state index contributed by atoms with van der Waals surface area (Å²) in [5.41, 5.74) is -0.759. The van der Waals surface area contributed by atoms with Gasteiger partial charge in [0.1, 0.15) is 0 Å². The number of aliphatic hydroxyl groups is 1. The van der Waals surface area contributed by atoms with Crippen LogP contribution in [0.5, 0.6) is 0 Å². The van der Waals surface area contributed by atoms with Crippen LogP contribution < -0.4 is 5.82 Å². The van der Waals surface area contributed by atoms with Gasteiger partial charge in [0.2, 0.25) is 5.89 Å². The quantitative estimate of drug-likeness (QED) is 0.764. The van der Waals surface area contributed by atoms with E-state index in [1.807, 2.05) is 0 Å². The van der Waals surface area contributed by atoms with Gasteiger partial charge in [0.15, 0.2) is 0 Å². The molecule has 0 radical (unpaired) electrons. The Morgan fingerprint density at radius 2 is 2.07 bits per heavy atom. The van der Waals surface area contributed by atoms with Crippen molar-refractivity contribution in [2.75, 3.05) is 0 Å². The van der Waals surface area contributed by atoms with Crippen molar-refractivity contribution in [1.82, 2.24) is 5.16 Å². The molecule has 0 aromatic carbocycles. The Morgan fingerprint density at radius 1 is 1.36 bits per heavy atom. The number of aromatic nitrogens is 1. The zero-order valence-electron chi connectivity index (χ0n) is 7.86. The lowest BCUT2D eigenvalue weighted by Gasteiger charge is -2.30. The molecule has 0 saturated heterocycles. The molecule has 1 aromatic rings. The van der Waals surface area contributed by atoms with Crippen LogP contribution in [0.1, 0.15) is 38.0 Å². The van der Waals surface area contributed by atoms with Crippen molar-refractivity contribution in [3.05, 3.63) is 16.5 Å². The van der Waals surface area contributed by atoms with E-state index < -0.39 is 11.4 Å². The Hall–Kier alpha value is -1.10. The molecule has 1 fully saturated rings. The lowest BCUT2D eigenvalue weighted by Crippen LogP contribution is -2.33. The Balaban J connectivity index is 2.05. The van der Waals surface area contributed by atoms with Crippen LogP contribution in [-0.4, -0.2) is 15.9 Å². The lowest BCUT2D eigenvalue weighted by molar-refractivity contribution is -0.00111. The Morgan fingerprint density at radius 3 is 2.64 bits per heavy atom. The second kappa shape index (κ2) is 3.57. The summed E-state index contributed by atoms with van der Waals surface area (Å²) in [7, 11) is 0. The maximum atomic E-state index is 10.6. The van der Waals surface area contributed by atoms with Gasteiger partial charge in [0.05, 0.1) is 12.0 Å².